The second kappa shape index (κ2) is 6.99. The van der Waals surface area contributed by atoms with Gasteiger partial charge in [0.25, 0.3) is 0 Å². The molecule has 3 aromatic rings. The number of carboxylic acids is 1. The molecule has 1 unspecified atom stereocenters. The fraction of sp³-hybridized carbons (Fsp3) is 0.350. The number of carbonyl (C=O) groups is 1. The zero-order chi connectivity index (χ0) is 18.7. The summed E-state index contributed by atoms with van der Waals surface area (Å²) < 4.78 is 1.88. The largest absolute Gasteiger partial charge is 0.477 e. The molecule has 1 aliphatic carbocycles. The lowest BCUT2D eigenvalue weighted by Gasteiger charge is -2.19. The van der Waals surface area contributed by atoms with Gasteiger partial charge in [0.15, 0.2) is 0 Å². The number of nitrogens with zero attached hydrogens (tertiary/aromatic N) is 2. The minimum absolute atomic E-state index is 0. The molecular formula is C20H20ClN3O3S. The number of halogens is 1. The van der Waals surface area contributed by atoms with Crippen molar-refractivity contribution in [3.05, 3.63) is 50.6 Å². The summed E-state index contributed by atoms with van der Waals surface area (Å²) in [6, 6.07) is 6.32. The molecule has 0 saturated heterocycles. The normalized spacial score (nSPS) is 18.5. The minimum atomic E-state index is -1.19. The van der Waals surface area contributed by atoms with Gasteiger partial charge >= 0.3 is 5.97 Å². The van der Waals surface area contributed by atoms with E-state index in [9.17, 15) is 14.7 Å². The quantitative estimate of drug-likeness (QED) is 0.677. The number of carboxylic acid groups (broad SMARTS) is 1. The number of pyridine rings is 2. The number of rotatable bonds is 3. The van der Waals surface area contributed by atoms with Crippen LogP contribution in [0.4, 0.5) is 0 Å². The van der Waals surface area contributed by atoms with Gasteiger partial charge in [0.05, 0.1) is 16.0 Å². The smallest absolute Gasteiger partial charge is 0.341 e. The predicted octanol–water partition coefficient (Wildman–Crippen LogP) is 3.79. The van der Waals surface area contributed by atoms with Gasteiger partial charge in [-0.3, -0.25) is 4.79 Å². The molecule has 146 valence electrons. The van der Waals surface area contributed by atoms with Gasteiger partial charge in [0, 0.05) is 29.7 Å². The molecule has 5 rings (SSSR count). The molecule has 28 heavy (non-hydrogen) atoms. The van der Waals surface area contributed by atoms with Gasteiger partial charge in [-0.2, -0.15) is 0 Å². The standard InChI is InChI=1S/C20H19N3O3S.ClH/c1-10-13-8-17(27-16(13)6-7-21-10)15-5-4-12-18(24)14(20(25)26)9-23(11-2-3-11)19(12)22-15;/h4-5,8-11,21H,2-3,6-7H2,1H3,(H,25,26);1H. The van der Waals surface area contributed by atoms with Crippen molar-refractivity contribution in [2.45, 2.75) is 38.3 Å². The summed E-state index contributed by atoms with van der Waals surface area (Å²) in [6.07, 6.45) is 4.46. The number of hydrogen-bond donors (Lipinski definition) is 2. The van der Waals surface area contributed by atoms with Gasteiger partial charge in [0.1, 0.15) is 11.2 Å². The van der Waals surface area contributed by atoms with Gasteiger partial charge in [0.2, 0.25) is 5.43 Å². The molecule has 1 fully saturated rings. The van der Waals surface area contributed by atoms with Crippen molar-refractivity contribution in [3.8, 4) is 10.6 Å². The molecule has 1 saturated carbocycles. The van der Waals surface area contributed by atoms with E-state index in [0.717, 1.165) is 36.4 Å². The first-order chi connectivity index (χ1) is 13.0. The first-order valence-corrected chi connectivity index (χ1v) is 10.00. The van der Waals surface area contributed by atoms with Crippen LogP contribution >= 0.6 is 23.7 Å². The topological polar surface area (TPSA) is 84.2 Å². The Hall–Kier alpha value is -2.22. The fourth-order valence-corrected chi connectivity index (χ4v) is 5.02. The molecule has 8 heteroatoms. The van der Waals surface area contributed by atoms with Crippen LogP contribution in [0.1, 0.15) is 52.6 Å². The highest BCUT2D eigenvalue weighted by molar-refractivity contribution is 7.15. The fourth-order valence-electron chi connectivity index (χ4n) is 3.79. The average molecular weight is 418 g/mol. The minimum Gasteiger partial charge on any atom is -0.477 e. The Morgan fingerprint density at radius 2 is 2.14 bits per heavy atom. The summed E-state index contributed by atoms with van der Waals surface area (Å²) in [4.78, 5) is 31.3. The summed E-state index contributed by atoms with van der Waals surface area (Å²) in [5, 5.41) is 13.2. The lowest BCUT2D eigenvalue weighted by molar-refractivity contribution is 0.0695. The molecule has 0 radical (unpaired) electrons. The van der Waals surface area contributed by atoms with Crippen LogP contribution in [0, 0.1) is 0 Å². The van der Waals surface area contributed by atoms with Crippen molar-refractivity contribution < 1.29 is 9.90 Å². The van der Waals surface area contributed by atoms with Crippen LogP contribution in [-0.2, 0) is 6.42 Å². The van der Waals surface area contributed by atoms with Gasteiger partial charge in [-0.05, 0) is 49.9 Å². The highest BCUT2D eigenvalue weighted by Gasteiger charge is 2.28. The molecular weight excluding hydrogens is 398 g/mol. The van der Waals surface area contributed by atoms with Crippen LogP contribution in [0.15, 0.2) is 29.2 Å². The van der Waals surface area contributed by atoms with Crippen LogP contribution in [0.2, 0.25) is 0 Å². The summed E-state index contributed by atoms with van der Waals surface area (Å²) >= 11 is 1.76. The van der Waals surface area contributed by atoms with E-state index in [0.29, 0.717) is 17.1 Å². The molecule has 1 atom stereocenters. The zero-order valence-corrected chi connectivity index (χ0v) is 16.9. The van der Waals surface area contributed by atoms with Crippen LogP contribution in [0.3, 0.4) is 0 Å². The summed E-state index contributed by atoms with van der Waals surface area (Å²) in [6.45, 7) is 3.15. The van der Waals surface area contributed by atoms with E-state index in [1.54, 1.807) is 17.4 Å². The zero-order valence-electron chi connectivity index (χ0n) is 15.3. The lowest BCUT2D eigenvalue weighted by atomic mass is 10.0. The molecule has 0 amide bonds. The number of aromatic nitrogens is 2. The predicted molar refractivity (Wildman–Crippen MR) is 112 cm³/mol. The van der Waals surface area contributed by atoms with Gasteiger partial charge in [-0.1, -0.05) is 0 Å². The number of thiophene rings is 1. The third-order valence-electron chi connectivity index (χ3n) is 5.41. The SMILES string of the molecule is CC1NCCc2sc(-c3ccc4c(=O)c(C(=O)O)cn(C5CC5)c4n3)cc21.Cl. The Balaban J connectivity index is 0.00000192. The molecule has 6 nitrogen and oxygen atoms in total. The Kier molecular flexibility index (Phi) is 4.77. The van der Waals surface area contributed by atoms with Crippen molar-refractivity contribution in [1.29, 1.82) is 0 Å². The van der Waals surface area contributed by atoms with Crippen LogP contribution in [-0.4, -0.2) is 27.2 Å². The number of aromatic carboxylic acids is 1. The Morgan fingerprint density at radius 1 is 1.36 bits per heavy atom. The highest BCUT2D eigenvalue weighted by atomic mass is 35.5. The molecule has 0 aromatic carbocycles. The van der Waals surface area contributed by atoms with Gasteiger partial charge in [-0.15, -0.1) is 23.7 Å². The molecule has 2 aliphatic rings. The second-order valence-corrected chi connectivity index (χ2v) is 8.43. The monoisotopic (exact) mass is 417 g/mol. The maximum absolute atomic E-state index is 12.6. The molecule has 1 aliphatic heterocycles. The number of fused-ring (bicyclic) bond motifs is 2. The Labute approximate surface area is 171 Å². The molecule has 0 spiro atoms. The van der Waals surface area contributed by atoms with Crippen LogP contribution < -0.4 is 10.7 Å². The van der Waals surface area contributed by atoms with E-state index in [4.69, 9.17) is 4.98 Å². The van der Waals surface area contributed by atoms with Crippen molar-refractivity contribution in [3.63, 3.8) is 0 Å². The molecule has 4 heterocycles. The lowest BCUT2D eigenvalue weighted by Crippen LogP contribution is -2.26. The van der Waals surface area contributed by atoms with E-state index in [-0.39, 0.29) is 24.0 Å². The Bertz CT molecular complexity index is 1150. The van der Waals surface area contributed by atoms with E-state index in [2.05, 4.69) is 18.3 Å². The highest BCUT2D eigenvalue weighted by Crippen LogP contribution is 2.39. The second-order valence-electron chi connectivity index (χ2n) is 7.30. The summed E-state index contributed by atoms with van der Waals surface area (Å²) in [7, 11) is 0. The van der Waals surface area contributed by atoms with E-state index < -0.39 is 11.4 Å². The van der Waals surface area contributed by atoms with E-state index in [1.165, 1.54) is 16.6 Å². The maximum Gasteiger partial charge on any atom is 0.341 e. The van der Waals surface area contributed by atoms with Gasteiger partial charge < -0.3 is 15.0 Å². The third-order valence-corrected chi connectivity index (χ3v) is 6.64. The molecule has 3 aromatic heterocycles. The van der Waals surface area contributed by atoms with Crippen molar-refractivity contribution in [1.82, 2.24) is 14.9 Å². The van der Waals surface area contributed by atoms with Crippen LogP contribution in [0.5, 0.6) is 0 Å². The molecule has 2 N–H and O–H groups in total. The van der Waals surface area contributed by atoms with E-state index in [1.807, 2.05) is 10.6 Å². The van der Waals surface area contributed by atoms with Crippen LogP contribution in [0.25, 0.3) is 21.6 Å². The third kappa shape index (κ3) is 3.03. The van der Waals surface area contributed by atoms with E-state index >= 15 is 0 Å². The maximum atomic E-state index is 12.6. The van der Waals surface area contributed by atoms with Crippen molar-refractivity contribution in [2.75, 3.05) is 6.54 Å². The summed E-state index contributed by atoms with van der Waals surface area (Å²) in [5.74, 6) is -1.19. The Morgan fingerprint density at radius 3 is 2.82 bits per heavy atom. The van der Waals surface area contributed by atoms with Crippen molar-refractivity contribution >= 4 is 40.7 Å². The van der Waals surface area contributed by atoms with Gasteiger partial charge in [-0.25, -0.2) is 9.78 Å². The number of hydrogen-bond acceptors (Lipinski definition) is 5. The number of nitrogens with one attached hydrogen (secondary N) is 1. The molecule has 0 bridgehead atoms. The first-order valence-electron chi connectivity index (χ1n) is 9.18. The average Bonchev–Trinajstić information content (AvgIpc) is 3.39. The summed E-state index contributed by atoms with van der Waals surface area (Å²) in [5.41, 5.74) is 2.10. The first kappa shape index (κ1) is 19.1. The van der Waals surface area contributed by atoms with Crippen molar-refractivity contribution in [2.24, 2.45) is 0 Å².